The minimum atomic E-state index is -0.0188. The number of ether oxygens (including phenoxy) is 1. The molecule has 1 heterocycles. The van der Waals surface area contributed by atoms with Gasteiger partial charge in [0.2, 0.25) is 5.91 Å². The van der Waals surface area contributed by atoms with Crippen LogP contribution in [0.1, 0.15) is 22.9 Å². The monoisotopic (exact) mass is 320 g/mol. The highest BCUT2D eigenvalue weighted by Crippen LogP contribution is 2.23. The Bertz CT molecular complexity index is 861. The van der Waals surface area contributed by atoms with E-state index in [2.05, 4.69) is 5.92 Å². The highest BCUT2D eigenvalue weighted by atomic mass is 16.5. The van der Waals surface area contributed by atoms with Crippen LogP contribution in [0.25, 0.3) is 16.8 Å². The molecule has 24 heavy (non-hydrogen) atoms. The van der Waals surface area contributed by atoms with Crippen molar-refractivity contribution in [2.45, 2.75) is 0 Å². The molecule has 4 nitrogen and oxygen atoms in total. The number of carbonyl (C=O) groups excluding carboxylic acids is 2. The van der Waals surface area contributed by atoms with Crippen LogP contribution >= 0.6 is 0 Å². The molecular formula is C20H18NO3. The van der Waals surface area contributed by atoms with E-state index in [4.69, 9.17) is 11.2 Å². The Balaban J connectivity index is 0.00000225. The maximum atomic E-state index is 12.1. The molecule has 0 unspecified atom stereocenters. The SMILES string of the molecule is C#Cc1ccc2cc(/C=C/C(=O)N3CCOCC3)ccc2c1C=O.[H]. The average molecular weight is 320 g/mol. The molecule has 0 atom stereocenters. The molecule has 0 aromatic heterocycles. The van der Waals surface area contributed by atoms with E-state index >= 15 is 0 Å². The molecule has 1 saturated heterocycles. The van der Waals surface area contributed by atoms with Gasteiger partial charge in [-0.05, 0) is 34.5 Å². The highest BCUT2D eigenvalue weighted by Gasteiger charge is 2.14. The molecule has 1 aliphatic heterocycles. The maximum Gasteiger partial charge on any atom is 0.246 e. The van der Waals surface area contributed by atoms with Gasteiger partial charge in [-0.15, -0.1) is 6.42 Å². The summed E-state index contributed by atoms with van der Waals surface area (Å²) in [6, 6.07) is 9.32. The van der Waals surface area contributed by atoms with Crippen LogP contribution in [0, 0.1) is 12.3 Å². The Labute approximate surface area is 142 Å². The molecule has 0 aliphatic carbocycles. The van der Waals surface area contributed by atoms with Crippen LogP contribution in [-0.4, -0.2) is 43.4 Å². The van der Waals surface area contributed by atoms with Gasteiger partial charge in [0.15, 0.2) is 6.29 Å². The fourth-order valence-corrected chi connectivity index (χ4v) is 2.79. The predicted molar refractivity (Wildman–Crippen MR) is 94.8 cm³/mol. The molecule has 0 spiro atoms. The second-order valence-electron chi connectivity index (χ2n) is 5.54. The van der Waals surface area contributed by atoms with Gasteiger partial charge in [0, 0.05) is 31.7 Å². The third-order valence-electron chi connectivity index (χ3n) is 4.10. The van der Waals surface area contributed by atoms with E-state index in [1.807, 2.05) is 24.3 Å². The van der Waals surface area contributed by atoms with E-state index in [0.29, 0.717) is 37.4 Å². The number of amides is 1. The summed E-state index contributed by atoms with van der Waals surface area (Å²) in [7, 11) is 0. The molecule has 4 heteroatoms. The summed E-state index contributed by atoms with van der Waals surface area (Å²) in [5.74, 6) is 2.51. The first kappa shape index (κ1) is 16.0. The van der Waals surface area contributed by atoms with Crippen LogP contribution in [0.15, 0.2) is 36.4 Å². The van der Waals surface area contributed by atoms with Gasteiger partial charge < -0.3 is 9.64 Å². The topological polar surface area (TPSA) is 46.6 Å². The van der Waals surface area contributed by atoms with Crippen molar-refractivity contribution in [1.82, 2.24) is 4.90 Å². The molecule has 3 rings (SSSR count). The lowest BCUT2D eigenvalue weighted by Gasteiger charge is -2.25. The van der Waals surface area contributed by atoms with E-state index < -0.39 is 0 Å². The van der Waals surface area contributed by atoms with Crippen molar-refractivity contribution in [3.63, 3.8) is 0 Å². The second-order valence-corrected chi connectivity index (χ2v) is 5.54. The molecule has 121 valence electrons. The molecule has 0 N–H and O–H groups in total. The Kier molecular flexibility index (Phi) is 4.74. The number of aldehydes is 1. The summed E-state index contributed by atoms with van der Waals surface area (Å²) in [4.78, 5) is 25.2. The standard InChI is InChI=1S/C20H17NO3.H/c1-2-16-5-6-17-13-15(3-7-18(17)19(16)14-22)4-8-20(23)21-9-11-24-12-10-21;/h1,3-8,13-14H,9-12H2;/b8-4+;. The first-order valence-corrected chi connectivity index (χ1v) is 7.76. The third kappa shape index (κ3) is 3.22. The normalized spacial score (nSPS) is 14.7. The Hall–Kier alpha value is -2.90. The van der Waals surface area contributed by atoms with Gasteiger partial charge in [0.1, 0.15) is 0 Å². The zero-order chi connectivity index (χ0) is 16.9. The third-order valence-corrected chi connectivity index (χ3v) is 4.10. The summed E-state index contributed by atoms with van der Waals surface area (Å²) in [5.41, 5.74) is 2.01. The van der Waals surface area contributed by atoms with Gasteiger partial charge in [-0.3, -0.25) is 9.59 Å². The summed E-state index contributed by atoms with van der Waals surface area (Å²) in [6.45, 7) is 2.42. The van der Waals surface area contributed by atoms with Crippen molar-refractivity contribution in [2.24, 2.45) is 0 Å². The van der Waals surface area contributed by atoms with Gasteiger partial charge in [-0.25, -0.2) is 0 Å². The lowest BCUT2D eigenvalue weighted by Crippen LogP contribution is -2.39. The van der Waals surface area contributed by atoms with Gasteiger partial charge in [-0.1, -0.05) is 24.1 Å². The van der Waals surface area contributed by atoms with Gasteiger partial charge >= 0.3 is 0 Å². The molecule has 1 aliphatic rings. The minimum absolute atomic E-state index is 0. The molecule has 0 saturated carbocycles. The van der Waals surface area contributed by atoms with Crippen LogP contribution in [0.2, 0.25) is 0 Å². The number of fused-ring (bicyclic) bond motifs is 1. The summed E-state index contributed by atoms with van der Waals surface area (Å²) in [6.07, 6.45) is 9.57. The Morgan fingerprint density at radius 1 is 1.25 bits per heavy atom. The Morgan fingerprint density at radius 2 is 2.04 bits per heavy atom. The van der Waals surface area contributed by atoms with Gasteiger partial charge in [0.05, 0.1) is 13.2 Å². The fraction of sp³-hybridized carbons (Fsp3) is 0.200. The fourth-order valence-electron chi connectivity index (χ4n) is 2.79. The summed E-state index contributed by atoms with van der Waals surface area (Å²) in [5, 5.41) is 1.73. The molecule has 1 fully saturated rings. The van der Waals surface area contributed by atoms with Crippen LogP contribution in [-0.2, 0) is 9.53 Å². The van der Waals surface area contributed by atoms with Crippen LogP contribution in [0.3, 0.4) is 0 Å². The largest absolute Gasteiger partial charge is 0.378 e. The van der Waals surface area contributed by atoms with Crippen molar-refractivity contribution >= 4 is 29.0 Å². The molecule has 2 aromatic carbocycles. The van der Waals surface area contributed by atoms with Gasteiger partial charge in [-0.2, -0.15) is 0 Å². The zero-order valence-electron chi connectivity index (χ0n) is 14.2. The van der Waals surface area contributed by atoms with E-state index in [1.165, 1.54) is 0 Å². The van der Waals surface area contributed by atoms with Crippen LogP contribution in [0.5, 0.6) is 0 Å². The predicted octanol–water partition coefficient (Wildman–Crippen LogP) is 2.62. The lowest BCUT2D eigenvalue weighted by atomic mass is 9.98. The number of rotatable bonds is 3. The first-order valence-electron chi connectivity index (χ1n) is 7.76. The van der Waals surface area contributed by atoms with E-state index in [0.717, 1.165) is 22.6 Å². The number of carbonyl (C=O) groups is 2. The van der Waals surface area contributed by atoms with Crippen molar-refractivity contribution < 1.29 is 15.8 Å². The zero-order valence-corrected chi connectivity index (χ0v) is 13.2. The smallest absolute Gasteiger partial charge is 0.246 e. The van der Waals surface area contributed by atoms with Crippen molar-refractivity contribution in [3.05, 3.63) is 53.1 Å². The molecule has 1 radical (unpaired) electrons. The summed E-state index contributed by atoms with van der Waals surface area (Å²) >= 11 is 0. The van der Waals surface area contributed by atoms with E-state index in [1.54, 1.807) is 23.1 Å². The second kappa shape index (κ2) is 7.12. The van der Waals surface area contributed by atoms with Gasteiger partial charge in [0.25, 0.3) is 0 Å². The first-order chi connectivity index (χ1) is 11.7. The quantitative estimate of drug-likeness (QED) is 0.496. The number of hydrogen-bond donors (Lipinski definition) is 0. The van der Waals surface area contributed by atoms with Crippen molar-refractivity contribution in [3.8, 4) is 12.3 Å². The molecular weight excluding hydrogens is 302 g/mol. The number of benzene rings is 2. The minimum Gasteiger partial charge on any atom is -0.378 e. The summed E-state index contributed by atoms with van der Waals surface area (Å²) < 4.78 is 5.24. The number of hydrogen-bond acceptors (Lipinski definition) is 3. The van der Waals surface area contributed by atoms with E-state index in [-0.39, 0.29) is 7.33 Å². The highest BCUT2D eigenvalue weighted by molar-refractivity contribution is 6.01. The van der Waals surface area contributed by atoms with Crippen LogP contribution < -0.4 is 0 Å². The molecule has 1 amide bonds. The van der Waals surface area contributed by atoms with E-state index in [9.17, 15) is 9.59 Å². The number of nitrogens with zero attached hydrogens (tertiary/aromatic N) is 1. The van der Waals surface area contributed by atoms with Crippen molar-refractivity contribution in [1.29, 1.82) is 0 Å². The van der Waals surface area contributed by atoms with Crippen LogP contribution in [0.4, 0.5) is 0 Å². The maximum absolute atomic E-state index is 12.1. The lowest BCUT2D eigenvalue weighted by molar-refractivity contribution is -0.129. The Morgan fingerprint density at radius 3 is 2.75 bits per heavy atom. The molecule has 2 aromatic rings. The average Bonchev–Trinajstić information content (AvgIpc) is 2.65. The number of morpholine rings is 1. The molecule has 0 bridgehead atoms. The van der Waals surface area contributed by atoms with Crippen molar-refractivity contribution in [2.75, 3.05) is 26.3 Å². The number of terminal acetylenes is 1.